The Morgan fingerprint density at radius 3 is 2.71 bits per heavy atom. The number of aliphatic carboxylic acids is 1. The van der Waals surface area contributed by atoms with Gasteiger partial charge in [0, 0.05) is 6.54 Å². The largest absolute Gasteiger partial charge is 0.480 e. The molecule has 1 N–H and O–H groups in total. The van der Waals surface area contributed by atoms with Crippen LogP contribution in [0.1, 0.15) is 28.2 Å². The van der Waals surface area contributed by atoms with E-state index >= 15 is 0 Å². The molecule has 0 aromatic carbocycles. The number of nitrogens with zero attached hydrogens (tertiary/aromatic N) is 3. The van der Waals surface area contributed by atoms with Gasteiger partial charge in [0.15, 0.2) is 0 Å². The first-order valence-corrected chi connectivity index (χ1v) is 6.15. The Morgan fingerprint density at radius 1 is 1.53 bits per heavy atom. The van der Waals surface area contributed by atoms with Crippen molar-refractivity contribution >= 4 is 23.4 Å². The molecule has 92 valence electrons. The molecule has 0 saturated heterocycles. The van der Waals surface area contributed by atoms with E-state index in [9.17, 15) is 9.59 Å². The van der Waals surface area contributed by atoms with E-state index in [0.29, 0.717) is 23.0 Å². The third kappa shape index (κ3) is 3.00. The van der Waals surface area contributed by atoms with Gasteiger partial charge in [0.25, 0.3) is 5.91 Å². The van der Waals surface area contributed by atoms with Gasteiger partial charge in [-0.25, -0.2) is 0 Å². The molecule has 1 aromatic rings. The molecule has 1 aliphatic rings. The lowest BCUT2D eigenvalue weighted by molar-refractivity contribution is -0.137. The van der Waals surface area contributed by atoms with E-state index in [2.05, 4.69) is 9.59 Å². The molecule has 0 atom stereocenters. The van der Waals surface area contributed by atoms with Gasteiger partial charge in [-0.05, 0) is 37.2 Å². The maximum atomic E-state index is 12.1. The van der Waals surface area contributed by atoms with Crippen molar-refractivity contribution in [1.82, 2.24) is 14.5 Å². The highest BCUT2D eigenvalue weighted by Gasteiger charge is 2.29. The number of hydrogen-bond acceptors (Lipinski definition) is 5. The van der Waals surface area contributed by atoms with E-state index in [-0.39, 0.29) is 12.5 Å². The maximum absolute atomic E-state index is 12.1. The minimum Gasteiger partial charge on any atom is -0.480 e. The summed E-state index contributed by atoms with van der Waals surface area (Å²) in [7, 11) is 0. The summed E-state index contributed by atoms with van der Waals surface area (Å²) in [6.07, 6.45) is 2.15. The van der Waals surface area contributed by atoms with Crippen molar-refractivity contribution in [3.63, 3.8) is 0 Å². The average molecular weight is 255 g/mol. The number of aromatic nitrogens is 2. The van der Waals surface area contributed by atoms with Gasteiger partial charge in [-0.3, -0.25) is 9.59 Å². The van der Waals surface area contributed by atoms with Gasteiger partial charge in [-0.1, -0.05) is 4.49 Å². The molecule has 0 unspecified atom stereocenters. The second-order valence-corrected chi connectivity index (χ2v) is 4.96. The smallest absolute Gasteiger partial charge is 0.323 e. The number of carbonyl (C=O) groups excluding carboxylic acids is 1. The standard InChI is InChI=1S/C10H13N3O3S/c1-6-9(17-12-11-6)10(16)13(5-8(14)15)4-7-2-3-7/h7H,2-5H2,1H3,(H,14,15). The lowest BCUT2D eigenvalue weighted by atomic mass is 10.3. The van der Waals surface area contributed by atoms with Crippen LogP contribution in [0.25, 0.3) is 0 Å². The highest BCUT2D eigenvalue weighted by Crippen LogP contribution is 2.30. The van der Waals surface area contributed by atoms with Gasteiger partial charge >= 0.3 is 5.97 Å². The van der Waals surface area contributed by atoms with E-state index in [0.717, 1.165) is 24.4 Å². The van der Waals surface area contributed by atoms with E-state index in [1.165, 1.54) is 4.90 Å². The van der Waals surface area contributed by atoms with E-state index < -0.39 is 5.97 Å². The molecule has 7 heteroatoms. The highest BCUT2D eigenvalue weighted by molar-refractivity contribution is 7.07. The fourth-order valence-electron chi connectivity index (χ4n) is 1.57. The lowest BCUT2D eigenvalue weighted by Gasteiger charge is -2.19. The van der Waals surface area contributed by atoms with Crippen LogP contribution in [0.15, 0.2) is 0 Å². The van der Waals surface area contributed by atoms with E-state index in [4.69, 9.17) is 5.11 Å². The van der Waals surface area contributed by atoms with Crippen LogP contribution in [0.5, 0.6) is 0 Å². The normalized spacial score (nSPS) is 14.6. The molecule has 1 aromatic heterocycles. The van der Waals surface area contributed by atoms with Crippen molar-refractivity contribution < 1.29 is 14.7 Å². The molecular formula is C10H13N3O3S. The Morgan fingerprint density at radius 2 is 2.24 bits per heavy atom. The molecule has 0 aliphatic heterocycles. The van der Waals surface area contributed by atoms with Crippen LogP contribution in [-0.2, 0) is 4.79 Å². The predicted octanol–water partition coefficient (Wildman–Crippen LogP) is 0.783. The third-order valence-corrected chi connectivity index (χ3v) is 3.45. The monoisotopic (exact) mass is 255 g/mol. The Kier molecular flexibility index (Phi) is 3.37. The Labute approximate surface area is 102 Å². The Balaban J connectivity index is 2.10. The molecule has 1 aliphatic carbocycles. The van der Waals surface area contributed by atoms with Gasteiger partial charge < -0.3 is 10.0 Å². The van der Waals surface area contributed by atoms with Gasteiger partial charge in [0.05, 0.1) is 5.69 Å². The summed E-state index contributed by atoms with van der Waals surface area (Å²) in [6.45, 7) is 1.96. The first kappa shape index (κ1) is 12.0. The van der Waals surface area contributed by atoms with Crippen LogP contribution in [0.3, 0.4) is 0 Å². The number of carboxylic acid groups (broad SMARTS) is 1. The number of carboxylic acids is 1. The summed E-state index contributed by atoms with van der Waals surface area (Å²) >= 11 is 1.02. The number of rotatable bonds is 5. The third-order valence-electron chi connectivity index (χ3n) is 2.63. The van der Waals surface area contributed by atoms with Crippen molar-refractivity contribution in [2.75, 3.05) is 13.1 Å². The molecule has 1 saturated carbocycles. The summed E-state index contributed by atoms with van der Waals surface area (Å²) in [4.78, 5) is 24.7. The van der Waals surface area contributed by atoms with Crippen molar-refractivity contribution in [2.45, 2.75) is 19.8 Å². The first-order valence-electron chi connectivity index (χ1n) is 5.38. The molecule has 0 spiro atoms. The SMILES string of the molecule is Cc1nnsc1C(=O)N(CC(=O)O)CC1CC1. The topological polar surface area (TPSA) is 83.4 Å². The molecule has 2 rings (SSSR count). The Bertz CT molecular complexity index is 442. The van der Waals surface area contributed by atoms with Crippen LogP contribution in [-0.4, -0.2) is 44.6 Å². The molecule has 1 amide bonds. The van der Waals surface area contributed by atoms with Crippen molar-refractivity contribution in [2.24, 2.45) is 5.92 Å². The van der Waals surface area contributed by atoms with Crippen LogP contribution in [0.4, 0.5) is 0 Å². The van der Waals surface area contributed by atoms with Crippen LogP contribution >= 0.6 is 11.5 Å². The number of amides is 1. The fourth-order valence-corrected chi connectivity index (χ4v) is 2.19. The van der Waals surface area contributed by atoms with Crippen molar-refractivity contribution in [3.05, 3.63) is 10.6 Å². The zero-order valence-corrected chi connectivity index (χ0v) is 10.2. The second-order valence-electron chi connectivity index (χ2n) is 4.21. The maximum Gasteiger partial charge on any atom is 0.323 e. The lowest BCUT2D eigenvalue weighted by Crippen LogP contribution is -2.37. The summed E-state index contributed by atoms with van der Waals surface area (Å²) in [5.41, 5.74) is 0.561. The van der Waals surface area contributed by atoms with Gasteiger partial charge in [0.1, 0.15) is 11.4 Å². The van der Waals surface area contributed by atoms with Crippen molar-refractivity contribution in [3.8, 4) is 0 Å². The zero-order chi connectivity index (χ0) is 12.4. The molecule has 0 bridgehead atoms. The van der Waals surface area contributed by atoms with Crippen molar-refractivity contribution in [1.29, 1.82) is 0 Å². The fraction of sp³-hybridized carbons (Fsp3) is 0.600. The number of aryl methyl sites for hydroxylation is 1. The van der Waals surface area contributed by atoms with E-state index in [1.807, 2.05) is 0 Å². The molecule has 6 nitrogen and oxygen atoms in total. The summed E-state index contributed by atoms with van der Waals surface area (Å²) < 4.78 is 3.70. The zero-order valence-electron chi connectivity index (χ0n) is 9.42. The molecule has 1 fully saturated rings. The second kappa shape index (κ2) is 4.79. The first-order chi connectivity index (χ1) is 8.08. The average Bonchev–Trinajstić information content (AvgIpc) is 2.97. The predicted molar refractivity (Wildman–Crippen MR) is 60.9 cm³/mol. The quantitative estimate of drug-likeness (QED) is 0.840. The van der Waals surface area contributed by atoms with Crippen LogP contribution in [0.2, 0.25) is 0 Å². The minimum absolute atomic E-state index is 0.257. The van der Waals surface area contributed by atoms with Gasteiger partial charge in [0.2, 0.25) is 0 Å². The number of hydrogen-bond donors (Lipinski definition) is 1. The molecule has 1 heterocycles. The van der Waals surface area contributed by atoms with Gasteiger partial charge in [-0.2, -0.15) is 0 Å². The van der Waals surface area contributed by atoms with Gasteiger partial charge in [-0.15, -0.1) is 5.10 Å². The summed E-state index contributed by atoms with van der Waals surface area (Å²) in [6, 6.07) is 0. The Hall–Kier alpha value is -1.50. The van der Waals surface area contributed by atoms with Crippen LogP contribution in [0, 0.1) is 12.8 Å². The summed E-state index contributed by atoms with van der Waals surface area (Å²) in [5, 5.41) is 12.6. The molecule has 0 radical (unpaired) electrons. The highest BCUT2D eigenvalue weighted by atomic mass is 32.1. The van der Waals surface area contributed by atoms with E-state index in [1.54, 1.807) is 6.92 Å². The summed E-state index contributed by atoms with van der Waals surface area (Å²) in [5.74, 6) is -0.805. The molecule has 17 heavy (non-hydrogen) atoms. The minimum atomic E-state index is -0.992. The van der Waals surface area contributed by atoms with Crippen LogP contribution < -0.4 is 0 Å². The number of carbonyl (C=O) groups is 2. The molecular weight excluding hydrogens is 242 g/mol.